The molecule has 4 heteroatoms. The molecule has 0 radical (unpaired) electrons. The van der Waals surface area contributed by atoms with Gasteiger partial charge in [0, 0.05) is 53.3 Å². The van der Waals surface area contributed by atoms with Gasteiger partial charge in [-0.2, -0.15) is 0 Å². The fourth-order valence-electron chi connectivity index (χ4n) is 8.32. The lowest BCUT2D eigenvalue weighted by Gasteiger charge is -2.37. The number of furan rings is 1. The average molecular weight is 686 g/mol. The van der Waals surface area contributed by atoms with E-state index in [9.17, 15) is 0 Å². The summed E-state index contributed by atoms with van der Waals surface area (Å²) in [7, 11) is 0. The van der Waals surface area contributed by atoms with Crippen LogP contribution in [0.3, 0.4) is 0 Å². The average Bonchev–Trinajstić information content (AvgIpc) is 3.91. The van der Waals surface area contributed by atoms with Crippen molar-refractivity contribution >= 4 is 70.4 Å². The van der Waals surface area contributed by atoms with E-state index >= 15 is 0 Å². The van der Waals surface area contributed by atoms with Gasteiger partial charge < -0.3 is 14.1 Å². The van der Waals surface area contributed by atoms with Gasteiger partial charge in [-0.1, -0.05) is 140 Å². The van der Waals surface area contributed by atoms with Gasteiger partial charge in [0.05, 0.1) is 11.7 Å². The zero-order valence-corrected chi connectivity index (χ0v) is 28.9. The summed E-state index contributed by atoms with van der Waals surface area (Å²) in [6.45, 7) is 0. The minimum Gasteiger partial charge on any atom is -0.483 e. The summed E-state index contributed by atoms with van der Waals surface area (Å²) in [4.78, 5) is 2.43. The smallest absolute Gasteiger partial charge is 0.159 e. The monoisotopic (exact) mass is 685 g/mol. The molecule has 2 unspecified atom stereocenters. The summed E-state index contributed by atoms with van der Waals surface area (Å²) >= 11 is 1.87. The maximum Gasteiger partial charge on any atom is 0.159 e. The van der Waals surface area contributed by atoms with Crippen LogP contribution in [0.15, 0.2) is 180 Å². The lowest BCUT2D eigenvalue weighted by Crippen LogP contribution is -2.42. The quantitative estimate of drug-likeness (QED) is 0.180. The van der Waals surface area contributed by atoms with Crippen molar-refractivity contribution in [2.24, 2.45) is 0 Å². The molecule has 52 heavy (non-hydrogen) atoms. The Hall–Kier alpha value is -6.36. The number of hydrogen-bond acceptors (Lipinski definition) is 4. The van der Waals surface area contributed by atoms with Gasteiger partial charge in [-0.25, -0.2) is 0 Å². The third-order valence-electron chi connectivity index (χ3n) is 10.7. The van der Waals surface area contributed by atoms with Crippen molar-refractivity contribution in [3.05, 3.63) is 182 Å². The number of fused-ring (bicyclic) bond motifs is 9. The molecule has 0 saturated carbocycles. The third kappa shape index (κ3) is 4.44. The molecule has 0 bridgehead atoms. The second-order valence-corrected chi connectivity index (χ2v) is 14.6. The second-order valence-electron chi connectivity index (χ2n) is 13.5. The van der Waals surface area contributed by atoms with Crippen LogP contribution in [0, 0.1) is 0 Å². The van der Waals surface area contributed by atoms with Crippen molar-refractivity contribution in [2.45, 2.75) is 12.1 Å². The Balaban J connectivity index is 1.16. The number of hydrogen-bond donors (Lipinski definition) is 0. The van der Waals surface area contributed by atoms with Crippen molar-refractivity contribution in [2.75, 3.05) is 4.90 Å². The summed E-state index contributed by atoms with van der Waals surface area (Å²) in [6, 6.07) is 56.2. The highest BCUT2D eigenvalue weighted by Crippen LogP contribution is 2.48. The summed E-state index contributed by atoms with van der Waals surface area (Å²) in [5.41, 5.74) is 11.0. The second kappa shape index (κ2) is 11.6. The van der Waals surface area contributed by atoms with E-state index in [-0.39, 0.29) is 12.1 Å². The number of ether oxygens (including phenoxy) is 1. The minimum atomic E-state index is -0.200. The largest absolute Gasteiger partial charge is 0.483 e. The molecule has 11 rings (SSSR count). The number of thiophene rings is 1. The number of anilines is 2. The van der Waals surface area contributed by atoms with Crippen LogP contribution >= 0.6 is 11.3 Å². The van der Waals surface area contributed by atoms with E-state index in [4.69, 9.17) is 9.15 Å². The predicted molar refractivity (Wildman–Crippen MR) is 218 cm³/mol. The first-order chi connectivity index (χ1) is 25.8. The van der Waals surface area contributed by atoms with Crippen LogP contribution in [-0.4, -0.2) is 12.1 Å². The first-order valence-corrected chi connectivity index (χ1v) is 18.6. The normalized spacial score (nSPS) is 16.3. The van der Waals surface area contributed by atoms with E-state index in [2.05, 4.69) is 169 Å². The van der Waals surface area contributed by atoms with E-state index in [1.807, 2.05) is 23.5 Å². The molecule has 0 fully saturated rings. The maximum atomic E-state index is 6.81. The molecule has 0 saturated heterocycles. The lowest BCUT2D eigenvalue weighted by molar-refractivity contribution is 0.258. The summed E-state index contributed by atoms with van der Waals surface area (Å²) in [5, 5.41) is 4.81. The molecule has 0 spiro atoms. The van der Waals surface area contributed by atoms with Crippen molar-refractivity contribution < 1.29 is 9.15 Å². The molecule has 2 atom stereocenters. The molecule has 9 aromatic rings. The summed E-state index contributed by atoms with van der Waals surface area (Å²) in [5.74, 6) is 0.922. The highest BCUT2D eigenvalue weighted by Gasteiger charge is 2.40. The van der Waals surface area contributed by atoms with E-state index in [0.29, 0.717) is 0 Å². The molecule has 1 aliphatic carbocycles. The SMILES string of the molecule is C1=CC(N(c2ccc(-c3cccc4c3sc3ccccc34)c(-c3ccccc3)c2)c2cccc3c2oc2ccccc23)C2Oc3ccccc3C2=C1. The Morgan fingerprint density at radius 1 is 0.558 bits per heavy atom. The third-order valence-corrected chi connectivity index (χ3v) is 11.9. The molecule has 0 amide bonds. The van der Waals surface area contributed by atoms with Crippen molar-refractivity contribution in [1.82, 2.24) is 0 Å². The lowest BCUT2D eigenvalue weighted by atomic mass is 9.90. The first-order valence-electron chi connectivity index (χ1n) is 17.7. The molecule has 1 aliphatic heterocycles. The molecule has 2 aliphatic rings. The van der Waals surface area contributed by atoms with Crippen molar-refractivity contribution in [3.63, 3.8) is 0 Å². The number of allylic oxidation sites excluding steroid dienone is 2. The zero-order chi connectivity index (χ0) is 34.2. The van der Waals surface area contributed by atoms with Crippen molar-refractivity contribution in [3.8, 4) is 28.0 Å². The molecule has 3 nitrogen and oxygen atoms in total. The van der Waals surface area contributed by atoms with Gasteiger partial charge in [-0.3, -0.25) is 0 Å². The van der Waals surface area contributed by atoms with E-state index in [0.717, 1.165) is 44.6 Å². The minimum absolute atomic E-state index is 0.147. The van der Waals surface area contributed by atoms with Gasteiger partial charge in [0.1, 0.15) is 17.4 Å². The van der Waals surface area contributed by atoms with Gasteiger partial charge >= 0.3 is 0 Å². The Bertz CT molecular complexity index is 2910. The Morgan fingerprint density at radius 2 is 1.31 bits per heavy atom. The number of benzene rings is 7. The Labute approximate surface area is 304 Å². The van der Waals surface area contributed by atoms with Crippen LogP contribution in [-0.2, 0) is 0 Å². The number of nitrogens with zero attached hydrogens (tertiary/aromatic N) is 1. The Morgan fingerprint density at radius 3 is 2.25 bits per heavy atom. The van der Waals surface area contributed by atoms with E-state index in [1.54, 1.807) is 0 Å². The molecular formula is C48H31NO2S. The standard InChI is InChI=1S/C48H31NO2S/c1-2-13-30(14-3-1)40-29-31(27-28-32(40)38-20-10-21-39-35-17-6-9-26-45(35)52-48(38)39)49(41-22-11-18-36-33-15-4-7-24-43(33)50-46(36)41)42-23-12-19-37-34-16-5-8-25-44(34)51-47(37)42/h1-29,41,46H. The molecule has 2 aromatic heterocycles. The highest BCUT2D eigenvalue weighted by atomic mass is 32.1. The van der Waals surface area contributed by atoms with Crippen LogP contribution in [0.5, 0.6) is 5.75 Å². The number of rotatable bonds is 5. The molecule has 7 aromatic carbocycles. The van der Waals surface area contributed by atoms with Crippen LogP contribution in [0.2, 0.25) is 0 Å². The maximum absolute atomic E-state index is 6.81. The first kappa shape index (κ1) is 29.4. The van der Waals surface area contributed by atoms with Gasteiger partial charge in [0.2, 0.25) is 0 Å². The van der Waals surface area contributed by atoms with Crippen LogP contribution < -0.4 is 9.64 Å². The molecule has 0 N–H and O–H groups in total. The fraction of sp³-hybridized carbons (Fsp3) is 0.0417. The van der Waals surface area contributed by atoms with Crippen LogP contribution in [0.25, 0.3) is 69.9 Å². The fourth-order valence-corrected chi connectivity index (χ4v) is 9.55. The van der Waals surface area contributed by atoms with Crippen LogP contribution in [0.1, 0.15) is 5.56 Å². The Kier molecular flexibility index (Phi) is 6.55. The van der Waals surface area contributed by atoms with Crippen molar-refractivity contribution in [1.29, 1.82) is 0 Å². The van der Waals surface area contributed by atoms with Crippen LogP contribution in [0.4, 0.5) is 11.4 Å². The van der Waals surface area contributed by atoms with E-state index < -0.39 is 0 Å². The molecule has 246 valence electrons. The number of para-hydroxylation sites is 3. The predicted octanol–water partition coefficient (Wildman–Crippen LogP) is 13.2. The van der Waals surface area contributed by atoms with Gasteiger partial charge in [-0.05, 0) is 53.1 Å². The summed E-state index contributed by atoms with van der Waals surface area (Å²) < 4.78 is 16.1. The van der Waals surface area contributed by atoms with Gasteiger partial charge in [0.15, 0.2) is 5.58 Å². The zero-order valence-electron chi connectivity index (χ0n) is 28.1. The molecular weight excluding hydrogens is 655 g/mol. The van der Waals surface area contributed by atoms with Gasteiger partial charge in [0.25, 0.3) is 0 Å². The topological polar surface area (TPSA) is 25.6 Å². The van der Waals surface area contributed by atoms with Gasteiger partial charge in [-0.15, -0.1) is 11.3 Å². The van der Waals surface area contributed by atoms with E-state index in [1.165, 1.54) is 48.0 Å². The molecule has 3 heterocycles. The highest BCUT2D eigenvalue weighted by molar-refractivity contribution is 7.26. The summed E-state index contributed by atoms with van der Waals surface area (Å²) in [6.07, 6.45) is 6.46.